The lowest BCUT2D eigenvalue weighted by Gasteiger charge is -2.42. The molecule has 0 aliphatic heterocycles. The highest BCUT2D eigenvalue weighted by molar-refractivity contribution is 7.08. The molecule has 1 heterocycles. The smallest absolute Gasteiger partial charge is 0.265 e. The van der Waals surface area contributed by atoms with Gasteiger partial charge in [-0.1, -0.05) is 25.3 Å². The van der Waals surface area contributed by atoms with Crippen LogP contribution in [-0.4, -0.2) is 40.3 Å². The minimum Gasteiger partial charge on any atom is -0.376 e. The van der Waals surface area contributed by atoms with E-state index in [-0.39, 0.29) is 29.5 Å². The van der Waals surface area contributed by atoms with E-state index in [1.54, 1.807) is 0 Å². The first-order chi connectivity index (χ1) is 9.34. The molecule has 6 nitrogen and oxygen atoms in total. The molecular formula is C13H22N4O2S. The maximum atomic E-state index is 12.4. The molecule has 2 rings (SSSR count). The first kappa shape index (κ1) is 15.3. The predicted molar refractivity (Wildman–Crippen MR) is 77.9 cm³/mol. The molecule has 1 aliphatic carbocycles. The summed E-state index contributed by atoms with van der Waals surface area (Å²) >= 11 is 1.12. The van der Waals surface area contributed by atoms with E-state index >= 15 is 0 Å². The lowest BCUT2D eigenvalue weighted by atomic mass is 9.83. The summed E-state index contributed by atoms with van der Waals surface area (Å²) in [7, 11) is 0. The van der Waals surface area contributed by atoms with Crippen molar-refractivity contribution in [2.45, 2.75) is 57.7 Å². The lowest BCUT2D eigenvalue weighted by molar-refractivity contribution is -0.0300. The summed E-state index contributed by atoms with van der Waals surface area (Å²) < 4.78 is 9.46. The Hall–Kier alpha value is -1.05. The monoisotopic (exact) mass is 298 g/mol. The van der Waals surface area contributed by atoms with Gasteiger partial charge in [0.15, 0.2) is 0 Å². The van der Waals surface area contributed by atoms with Crippen molar-refractivity contribution in [2.75, 3.05) is 6.61 Å². The average Bonchev–Trinajstić information content (AvgIpc) is 2.84. The normalized spacial score (nSPS) is 26.1. The zero-order valence-electron chi connectivity index (χ0n) is 12.3. The maximum Gasteiger partial charge on any atom is 0.265 e. The lowest BCUT2D eigenvalue weighted by Crippen LogP contribution is -2.64. The van der Waals surface area contributed by atoms with E-state index < -0.39 is 0 Å². The number of carbonyl (C=O) groups excluding carboxylic acids is 1. The molecule has 0 spiro atoms. The Balaban J connectivity index is 2.07. The van der Waals surface area contributed by atoms with Gasteiger partial charge < -0.3 is 15.8 Å². The summed E-state index contributed by atoms with van der Waals surface area (Å²) in [5.41, 5.74) is 6.46. The summed E-state index contributed by atoms with van der Waals surface area (Å²) in [6, 6.07) is -0.174. The van der Waals surface area contributed by atoms with Gasteiger partial charge in [0, 0.05) is 18.1 Å². The van der Waals surface area contributed by atoms with Gasteiger partial charge in [-0.25, -0.2) is 0 Å². The van der Waals surface area contributed by atoms with Crippen LogP contribution in [0.4, 0.5) is 0 Å². The SMILES string of the molecule is CCOC1CC(N)C1NC(=O)c1snnc1C(C)(C)C. The molecule has 0 aromatic carbocycles. The Morgan fingerprint density at radius 2 is 2.25 bits per heavy atom. The fraction of sp³-hybridized carbons (Fsp3) is 0.769. The third-order valence-electron chi connectivity index (χ3n) is 3.45. The molecule has 7 heteroatoms. The van der Waals surface area contributed by atoms with Gasteiger partial charge in [0.05, 0.1) is 17.8 Å². The topological polar surface area (TPSA) is 90.1 Å². The standard InChI is InChI=1S/C13H22N4O2S/c1-5-19-8-6-7(14)9(8)15-12(18)10-11(13(2,3)4)16-17-20-10/h7-9H,5-6,14H2,1-4H3,(H,15,18). The number of hydrogen-bond donors (Lipinski definition) is 2. The quantitative estimate of drug-likeness (QED) is 0.868. The van der Waals surface area contributed by atoms with E-state index in [9.17, 15) is 4.79 Å². The van der Waals surface area contributed by atoms with Gasteiger partial charge >= 0.3 is 0 Å². The number of nitrogens with one attached hydrogen (secondary N) is 1. The minimum atomic E-state index is -0.208. The number of nitrogens with zero attached hydrogens (tertiary/aromatic N) is 2. The first-order valence-corrected chi connectivity index (χ1v) is 7.62. The van der Waals surface area contributed by atoms with Crippen LogP contribution in [0.3, 0.4) is 0 Å². The van der Waals surface area contributed by atoms with E-state index in [2.05, 4.69) is 14.9 Å². The number of nitrogens with two attached hydrogens (primary N) is 1. The second-order valence-electron chi connectivity index (χ2n) is 6.09. The van der Waals surface area contributed by atoms with Crippen LogP contribution in [0.25, 0.3) is 0 Å². The van der Waals surface area contributed by atoms with Crippen molar-refractivity contribution in [3.8, 4) is 0 Å². The van der Waals surface area contributed by atoms with Gasteiger partial charge in [0.2, 0.25) is 0 Å². The van der Waals surface area contributed by atoms with Crippen LogP contribution in [0.15, 0.2) is 0 Å². The van der Waals surface area contributed by atoms with Gasteiger partial charge in [-0.2, -0.15) is 0 Å². The summed E-state index contributed by atoms with van der Waals surface area (Å²) in [5.74, 6) is -0.158. The van der Waals surface area contributed by atoms with Crippen LogP contribution in [0.2, 0.25) is 0 Å². The summed E-state index contributed by atoms with van der Waals surface area (Å²) in [5, 5.41) is 7.04. The highest BCUT2D eigenvalue weighted by atomic mass is 32.1. The molecule has 3 unspecified atom stereocenters. The van der Waals surface area contributed by atoms with Crippen molar-refractivity contribution in [2.24, 2.45) is 5.73 Å². The Labute approximate surface area is 123 Å². The molecule has 1 saturated carbocycles. The van der Waals surface area contributed by atoms with Crippen molar-refractivity contribution >= 4 is 17.4 Å². The van der Waals surface area contributed by atoms with E-state index in [0.717, 1.165) is 23.6 Å². The molecular weight excluding hydrogens is 276 g/mol. The number of carbonyl (C=O) groups is 1. The molecule has 1 aliphatic rings. The molecule has 0 radical (unpaired) electrons. The number of hydrogen-bond acceptors (Lipinski definition) is 6. The minimum absolute atomic E-state index is 0.0120. The largest absolute Gasteiger partial charge is 0.376 e. The van der Waals surface area contributed by atoms with Gasteiger partial charge in [-0.3, -0.25) is 4.79 Å². The van der Waals surface area contributed by atoms with Crippen molar-refractivity contribution in [1.29, 1.82) is 0 Å². The fourth-order valence-corrected chi connectivity index (χ4v) is 3.05. The molecule has 3 atom stereocenters. The summed E-state index contributed by atoms with van der Waals surface area (Å²) in [6.45, 7) is 8.60. The summed E-state index contributed by atoms with van der Waals surface area (Å²) in [6.07, 6.45) is 0.796. The number of amides is 1. The summed E-state index contributed by atoms with van der Waals surface area (Å²) in [4.78, 5) is 12.9. The van der Waals surface area contributed by atoms with Crippen molar-refractivity contribution < 1.29 is 9.53 Å². The predicted octanol–water partition coefficient (Wildman–Crippen LogP) is 1.07. The number of rotatable bonds is 4. The molecule has 1 aromatic rings. The van der Waals surface area contributed by atoms with Gasteiger partial charge in [-0.15, -0.1) is 5.10 Å². The van der Waals surface area contributed by atoms with Crippen LogP contribution in [0.1, 0.15) is 49.5 Å². The highest BCUT2D eigenvalue weighted by Gasteiger charge is 2.41. The fourth-order valence-electron chi connectivity index (χ4n) is 2.27. The maximum absolute atomic E-state index is 12.4. The molecule has 1 aromatic heterocycles. The van der Waals surface area contributed by atoms with Crippen LogP contribution in [0.5, 0.6) is 0 Å². The molecule has 1 amide bonds. The third kappa shape index (κ3) is 2.99. The molecule has 20 heavy (non-hydrogen) atoms. The number of ether oxygens (including phenoxy) is 1. The van der Waals surface area contributed by atoms with Crippen LogP contribution in [-0.2, 0) is 10.2 Å². The molecule has 0 bridgehead atoms. The second-order valence-corrected chi connectivity index (χ2v) is 6.85. The molecule has 3 N–H and O–H groups in total. The van der Waals surface area contributed by atoms with Crippen LogP contribution >= 0.6 is 11.5 Å². The second kappa shape index (κ2) is 5.75. The zero-order valence-corrected chi connectivity index (χ0v) is 13.2. The Morgan fingerprint density at radius 3 is 2.80 bits per heavy atom. The molecule has 0 saturated heterocycles. The van der Waals surface area contributed by atoms with Crippen molar-refractivity contribution in [3.63, 3.8) is 0 Å². The average molecular weight is 298 g/mol. The van der Waals surface area contributed by atoms with E-state index in [0.29, 0.717) is 11.5 Å². The Kier molecular flexibility index (Phi) is 4.41. The van der Waals surface area contributed by atoms with E-state index in [4.69, 9.17) is 10.5 Å². The molecule has 1 fully saturated rings. The Bertz CT molecular complexity index is 481. The van der Waals surface area contributed by atoms with Gasteiger partial charge in [0.1, 0.15) is 4.88 Å². The third-order valence-corrected chi connectivity index (χ3v) is 4.17. The van der Waals surface area contributed by atoms with E-state index in [1.165, 1.54) is 0 Å². The van der Waals surface area contributed by atoms with Crippen LogP contribution < -0.4 is 11.1 Å². The van der Waals surface area contributed by atoms with Gasteiger partial charge in [-0.05, 0) is 24.9 Å². The zero-order chi connectivity index (χ0) is 14.9. The van der Waals surface area contributed by atoms with Crippen LogP contribution in [0, 0.1) is 0 Å². The first-order valence-electron chi connectivity index (χ1n) is 6.85. The Morgan fingerprint density at radius 1 is 1.55 bits per heavy atom. The van der Waals surface area contributed by atoms with Crippen molar-refractivity contribution in [1.82, 2.24) is 14.9 Å². The highest BCUT2D eigenvalue weighted by Crippen LogP contribution is 2.27. The van der Waals surface area contributed by atoms with E-state index in [1.807, 2.05) is 27.7 Å². The van der Waals surface area contributed by atoms with Gasteiger partial charge in [0.25, 0.3) is 5.91 Å². The van der Waals surface area contributed by atoms with Crippen molar-refractivity contribution in [3.05, 3.63) is 10.6 Å². The number of aromatic nitrogens is 2. The molecule has 112 valence electrons.